The summed E-state index contributed by atoms with van der Waals surface area (Å²) in [6, 6.07) is 0.651. The summed E-state index contributed by atoms with van der Waals surface area (Å²) < 4.78 is 5.96. The van der Waals surface area contributed by atoms with Gasteiger partial charge in [0.1, 0.15) is 0 Å². The van der Waals surface area contributed by atoms with E-state index in [0.717, 1.165) is 5.92 Å². The highest BCUT2D eigenvalue weighted by Gasteiger charge is 2.35. The van der Waals surface area contributed by atoms with E-state index in [1.165, 1.54) is 44.9 Å². The van der Waals surface area contributed by atoms with E-state index in [0.29, 0.717) is 31.2 Å². The standard InChI is InChI=1S/C16H31NO2/c1-3-12-7-5-6-8-16(12)19-11-14(18)10-17-15-9-13(15)4-2/h12-18H,3-11H2,1-2H3. The van der Waals surface area contributed by atoms with Gasteiger partial charge in [-0.25, -0.2) is 0 Å². The summed E-state index contributed by atoms with van der Waals surface area (Å²) in [5.74, 6) is 1.55. The van der Waals surface area contributed by atoms with Gasteiger partial charge in [0.15, 0.2) is 0 Å². The normalized spacial score (nSPS) is 36.2. The Kier molecular flexibility index (Phi) is 6.11. The van der Waals surface area contributed by atoms with Gasteiger partial charge in [0.25, 0.3) is 0 Å². The molecule has 3 heteroatoms. The lowest BCUT2D eigenvalue weighted by molar-refractivity contribution is -0.0500. The third-order valence-electron chi connectivity index (χ3n) is 4.93. The van der Waals surface area contributed by atoms with Gasteiger partial charge >= 0.3 is 0 Å². The number of aliphatic hydroxyl groups is 1. The van der Waals surface area contributed by atoms with Gasteiger partial charge < -0.3 is 15.2 Å². The van der Waals surface area contributed by atoms with Crippen molar-refractivity contribution in [2.45, 2.75) is 77.0 Å². The average molecular weight is 269 g/mol. The molecule has 2 rings (SSSR count). The number of rotatable bonds is 8. The molecular weight excluding hydrogens is 238 g/mol. The summed E-state index contributed by atoms with van der Waals surface area (Å²) >= 11 is 0. The van der Waals surface area contributed by atoms with Crippen LogP contribution >= 0.6 is 0 Å². The van der Waals surface area contributed by atoms with Crippen LogP contribution < -0.4 is 5.32 Å². The second kappa shape index (κ2) is 7.61. The van der Waals surface area contributed by atoms with Crippen molar-refractivity contribution in [1.29, 1.82) is 0 Å². The van der Waals surface area contributed by atoms with Gasteiger partial charge in [-0.1, -0.05) is 39.5 Å². The van der Waals surface area contributed by atoms with Crippen molar-refractivity contribution in [3.8, 4) is 0 Å². The van der Waals surface area contributed by atoms with E-state index in [1.807, 2.05) is 0 Å². The van der Waals surface area contributed by atoms with Crippen LogP contribution in [0, 0.1) is 11.8 Å². The summed E-state index contributed by atoms with van der Waals surface area (Å²) in [5.41, 5.74) is 0. The van der Waals surface area contributed by atoms with Crippen LogP contribution in [0.1, 0.15) is 58.8 Å². The first-order chi connectivity index (χ1) is 9.24. The van der Waals surface area contributed by atoms with Gasteiger partial charge in [0.05, 0.1) is 18.8 Å². The molecule has 2 aliphatic rings. The van der Waals surface area contributed by atoms with Crippen molar-refractivity contribution in [1.82, 2.24) is 5.32 Å². The molecule has 3 nitrogen and oxygen atoms in total. The Morgan fingerprint density at radius 1 is 1.16 bits per heavy atom. The molecule has 2 fully saturated rings. The van der Waals surface area contributed by atoms with Gasteiger partial charge in [-0.3, -0.25) is 0 Å². The van der Waals surface area contributed by atoms with E-state index in [1.54, 1.807) is 0 Å². The lowest BCUT2D eigenvalue weighted by atomic mass is 9.85. The fraction of sp³-hybridized carbons (Fsp3) is 1.00. The molecule has 2 saturated carbocycles. The zero-order chi connectivity index (χ0) is 13.7. The van der Waals surface area contributed by atoms with Crippen LogP contribution in [0.25, 0.3) is 0 Å². The van der Waals surface area contributed by atoms with Gasteiger partial charge in [0, 0.05) is 12.6 Å². The largest absolute Gasteiger partial charge is 0.389 e. The number of hydrogen-bond donors (Lipinski definition) is 2. The van der Waals surface area contributed by atoms with Crippen LogP contribution in [0.15, 0.2) is 0 Å². The molecule has 0 aromatic carbocycles. The van der Waals surface area contributed by atoms with E-state index >= 15 is 0 Å². The third-order valence-corrected chi connectivity index (χ3v) is 4.93. The number of aliphatic hydroxyl groups excluding tert-OH is 1. The smallest absolute Gasteiger partial charge is 0.0897 e. The zero-order valence-corrected chi connectivity index (χ0v) is 12.6. The Bertz CT molecular complexity index is 259. The lowest BCUT2D eigenvalue weighted by Gasteiger charge is -2.31. The van der Waals surface area contributed by atoms with Crippen LogP contribution in [-0.4, -0.2) is 36.5 Å². The summed E-state index contributed by atoms with van der Waals surface area (Å²) in [6.45, 7) is 5.67. The van der Waals surface area contributed by atoms with Crippen molar-refractivity contribution in [3.05, 3.63) is 0 Å². The van der Waals surface area contributed by atoms with Crippen molar-refractivity contribution < 1.29 is 9.84 Å². The van der Waals surface area contributed by atoms with Gasteiger partial charge in [-0.15, -0.1) is 0 Å². The van der Waals surface area contributed by atoms with Gasteiger partial charge in [-0.2, -0.15) is 0 Å². The average Bonchev–Trinajstić information content (AvgIpc) is 3.22. The monoisotopic (exact) mass is 269 g/mol. The molecule has 0 spiro atoms. The lowest BCUT2D eigenvalue weighted by Crippen LogP contribution is -2.36. The maximum atomic E-state index is 9.99. The van der Waals surface area contributed by atoms with Crippen LogP contribution in [-0.2, 0) is 4.74 Å². The molecule has 0 bridgehead atoms. The number of ether oxygens (including phenoxy) is 1. The molecule has 0 saturated heterocycles. The third kappa shape index (κ3) is 4.73. The number of nitrogens with one attached hydrogen (secondary N) is 1. The second-order valence-electron chi connectivity index (χ2n) is 6.40. The van der Waals surface area contributed by atoms with E-state index in [4.69, 9.17) is 4.74 Å². The van der Waals surface area contributed by atoms with E-state index in [9.17, 15) is 5.11 Å². The highest BCUT2D eigenvalue weighted by Crippen LogP contribution is 2.33. The second-order valence-corrected chi connectivity index (χ2v) is 6.40. The maximum absolute atomic E-state index is 9.99. The molecule has 0 radical (unpaired) electrons. The Balaban J connectivity index is 1.58. The van der Waals surface area contributed by atoms with Crippen molar-refractivity contribution in [3.63, 3.8) is 0 Å². The fourth-order valence-corrected chi connectivity index (χ4v) is 3.39. The van der Waals surface area contributed by atoms with E-state index < -0.39 is 0 Å². The molecule has 0 aromatic rings. The predicted molar refractivity (Wildman–Crippen MR) is 78.2 cm³/mol. The number of hydrogen-bond acceptors (Lipinski definition) is 3. The summed E-state index contributed by atoms with van der Waals surface area (Å²) in [4.78, 5) is 0. The van der Waals surface area contributed by atoms with Crippen LogP contribution in [0.4, 0.5) is 0 Å². The van der Waals surface area contributed by atoms with Crippen LogP contribution in [0.2, 0.25) is 0 Å². The van der Waals surface area contributed by atoms with Gasteiger partial charge in [0.2, 0.25) is 0 Å². The molecular formula is C16H31NO2. The van der Waals surface area contributed by atoms with Crippen molar-refractivity contribution in [2.24, 2.45) is 11.8 Å². The fourth-order valence-electron chi connectivity index (χ4n) is 3.39. The van der Waals surface area contributed by atoms with E-state index in [-0.39, 0.29) is 6.10 Å². The molecule has 112 valence electrons. The molecule has 0 amide bonds. The SMILES string of the molecule is CCC1CC1NCC(O)COC1CCCCC1CC. The molecule has 2 aliphatic carbocycles. The molecule has 5 unspecified atom stereocenters. The quantitative estimate of drug-likeness (QED) is 0.712. The summed E-state index contributed by atoms with van der Waals surface area (Å²) in [7, 11) is 0. The summed E-state index contributed by atoms with van der Waals surface area (Å²) in [6.07, 6.45) is 8.90. The maximum Gasteiger partial charge on any atom is 0.0897 e. The van der Waals surface area contributed by atoms with Crippen LogP contribution in [0.3, 0.4) is 0 Å². The Hall–Kier alpha value is -0.120. The molecule has 19 heavy (non-hydrogen) atoms. The summed E-state index contributed by atoms with van der Waals surface area (Å²) in [5, 5.41) is 13.4. The van der Waals surface area contributed by atoms with Gasteiger partial charge in [-0.05, 0) is 31.1 Å². The Morgan fingerprint density at radius 2 is 1.89 bits per heavy atom. The van der Waals surface area contributed by atoms with Crippen molar-refractivity contribution in [2.75, 3.05) is 13.2 Å². The first kappa shape index (κ1) is 15.3. The Morgan fingerprint density at radius 3 is 2.58 bits per heavy atom. The zero-order valence-electron chi connectivity index (χ0n) is 12.6. The highest BCUT2D eigenvalue weighted by atomic mass is 16.5. The first-order valence-electron chi connectivity index (χ1n) is 8.27. The minimum atomic E-state index is -0.350. The molecule has 0 aliphatic heterocycles. The van der Waals surface area contributed by atoms with Crippen LogP contribution in [0.5, 0.6) is 0 Å². The predicted octanol–water partition coefficient (Wildman–Crippen LogP) is 2.72. The van der Waals surface area contributed by atoms with Crippen molar-refractivity contribution >= 4 is 0 Å². The highest BCUT2D eigenvalue weighted by molar-refractivity contribution is 4.92. The molecule has 0 aromatic heterocycles. The molecule has 5 atom stereocenters. The molecule has 2 N–H and O–H groups in total. The minimum absolute atomic E-state index is 0.350. The topological polar surface area (TPSA) is 41.5 Å². The Labute approximate surface area is 118 Å². The first-order valence-corrected chi connectivity index (χ1v) is 8.27. The molecule has 0 heterocycles. The minimum Gasteiger partial charge on any atom is -0.389 e. The van der Waals surface area contributed by atoms with E-state index in [2.05, 4.69) is 19.2 Å².